The minimum atomic E-state index is -0.706. The highest BCUT2D eigenvalue weighted by atomic mass is 16.5. The predicted molar refractivity (Wildman–Crippen MR) is 154 cm³/mol. The van der Waals surface area contributed by atoms with Crippen LogP contribution in [0.1, 0.15) is 50.3 Å². The van der Waals surface area contributed by atoms with E-state index in [-0.39, 0.29) is 48.4 Å². The molecule has 0 bridgehead atoms. The highest BCUT2D eigenvalue weighted by Gasteiger charge is 2.39. The monoisotopic (exact) mass is 578 g/mol. The van der Waals surface area contributed by atoms with Crippen molar-refractivity contribution in [1.82, 2.24) is 10.6 Å². The fraction of sp³-hybridized carbons (Fsp3) is 0.600. The highest BCUT2D eigenvalue weighted by molar-refractivity contribution is 5.53. The minimum absolute atomic E-state index is 0.0219. The Balaban J connectivity index is 1.74. The molecule has 2 aromatic carbocycles. The third-order valence-electron chi connectivity index (χ3n) is 7.13. The van der Waals surface area contributed by atoms with Crippen LogP contribution in [0.25, 0.3) is 0 Å². The largest absolute Gasteiger partial charge is 0.504 e. The number of methoxy groups -OCH3 is 1. The Morgan fingerprint density at radius 1 is 1.05 bits per heavy atom. The molecular weight excluding hydrogens is 532 g/mol. The highest BCUT2D eigenvalue weighted by Crippen LogP contribution is 2.45. The Morgan fingerprint density at radius 2 is 1.83 bits per heavy atom. The molecule has 0 unspecified atom stereocenters. The van der Waals surface area contributed by atoms with Gasteiger partial charge in [-0.1, -0.05) is 13.0 Å². The third-order valence-corrected chi connectivity index (χ3v) is 7.13. The summed E-state index contributed by atoms with van der Waals surface area (Å²) in [7, 11) is 1.46. The van der Waals surface area contributed by atoms with Gasteiger partial charge >= 0.3 is 0 Å². The van der Waals surface area contributed by atoms with Crippen molar-refractivity contribution >= 4 is 0 Å². The number of benzene rings is 2. The maximum atomic E-state index is 11.1. The molecule has 0 saturated carbocycles. The van der Waals surface area contributed by atoms with E-state index in [0.29, 0.717) is 56.7 Å². The molecule has 1 aliphatic rings. The zero-order valence-corrected chi connectivity index (χ0v) is 24.2. The molecule has 41 heavy (non-hydrogen) atoms. The summed E-state index contributed by atoms with van der Waals surface area (Å²) in [4.78, 5) is 0. The first kappa shape index (κ1) is 32.7. The van der Waals surface area contributed by atoms with Crippen LogP contribution in [-0.4, -0.2) is 90.5 Å². The van der Waals surface area contributed by atoms with Gasteiger partial charge < -0.3 is 49.8 Å². The first-order valence-corrected chi connectivity index (χ1v) is 14.3. The van der Waals surface area contributed by atoms with E-state index in [0.717, 1.165) is 12.1 Å². The molecule has 0 radical (unpaired) electrons. The molecule has 3 rings (SSSR count). The Bertz CT molecular complexity index is 1070. The van der Waals surface area contributed by atoms with Crippen molar-refractivity contribution in [1.29, 1.82) is 0 Å². The summed E-state index contributed by atoms with van der Waals surface area (Å²) in [6.07, 6.45) is -0.0747. The van der Waals surface area contributed by atoms with E-state index >= 15 is 0 Å². The molecule has 11 nitrogen and oxygen atoms in total. The lowest BCUT2D eigenvalue weighted by Crippen LogP contribution is -2.40. The molecule has 11 heteroatoms. The summed E-state index contributed by atoms with van der Waals surface area (Å²) in [5, 5.41) is 57.1. The molecule has 0 spiro atoms. The Labute approximate surface area is 242 Å². The van der Waals surface area contributed by atoms with Crippen LogP contribution in [0.5, 0.6) is 28.7 Å². The van der Waals surface area contributed by atoms with Crippen molar-refractivity contribution < 1.29 is 44.5 Å². The first-order chi connectivity index (χ1) is 19.8. The molecule has 0 aliphatic carbocycles. The molecular formula is C30H46N2O9. The van der Waals surface area contributed by atoms with Crippen LogP contribution >= 0.6 is 0 Å². The van der Waals surface area contributed by atoms with Crippen molar-refractivity contribution in [3.8, 4) is 28.7 Å². The van der Waals surface area contributed by atoms with Crippen molar-refractivity contribution in [2.75, 3.05) is 46.7 Å². The second-order valence-electron chi connectivity index (χ2n) is 10.4. The smallest absolute Gasteiger partial charge is 0.200 e. The van der Waals surface area contributed by atoms with E-state index in [1.807, 2.05) is 13.0 Å². The zero-order chi connectivity index (χ0) is 29.8. The maximum absolute atomic E-state index is 11.1. The normalized spacial score (nSPS) is 21.4. The van der Waals surface area contributed by atoms with Gasteiger partial charge in [-0.2, -0.15) is 0 Å². The van der Waals surface area contributed by atoms with Crippen molar-refractivity contribution in [2.24, 2.45) is 5.92 Å². The van der Waals surface area contributed by atoms with E-state index in [4.69, 9.17) is 18.9 Å². The van der Waals surface area contributed by atoms with Crippen LogP contribution in [0.4, 0.5) is 0 Å². The van der Waals surface area contributed by atoms with Crippen molar-refractivity contribution in [2.45, 2.75) is 63.9 Å². The second-order valence-corrected chi connectivity index (χ2v) is 10.4. The molecule has 2 aromatic rings. The van der Waals surface area contributed by atoms with Gasteiger partial charge in [0.1, 0.15) is 13.3 Å². The van der Waals surface area contributed by atoms with E-state index < -0.39 is 18.3 Å². The van der Waals surface area contributed by atoms with Crippen LogP contribution in [0.15, 0.2) is 30.3 Å². The topological polar surface area (TPSA) is 162 Å². The number of aliphatic hydroxyl groups excluding tert-OH is 3. The fourth-order valence-electron chi connectivity index (χ4n) is 5.01. The number of phenols is 2. The Morgan fingerprint density at radius 3 is 2.54 bits per heavy atom. The number of aliphatic hydroxyl groups is 3. The van der Waals surface area contributed by atoms with Gasteiger partial charge in [0.05, 0.1) is 31.5 Å². The second kappa shape index (κ2) is 16.6. The lowest BCUT2D eigenvalue weighted by molar-refractivity contribution is -0.144. The molecule has 0 aromatic heterocycles. The Hall–Kier alpha value is -2.80. The molecule has 1 heterocycles. The van der Waals surface area contributed by atoms with Gasteiger partial charge in [0.2, 0.25) is 5.75 Å². The number of ether oxygens (including phenoxy) is 4. The first-order valence-electron chi connectivity index (χ1n) is 14.3. The number of hydrogen-bond donors (Lipinski definition) is 7. The average molecular weight is 579 g/mol. The lowest BCUT2D eigenvalue weighted by atomic mass is 9.82. The maximum Gasteiger partial charge on any atom is 0.200 e. The number of rotatable bonds is 17. The van der Waals surface area contributed by atoms with E-state index in [1.165, 1.54) is 7.11 Å². The van der Waals surface area contributed by atoms with Gasteiger partial charge in [-0.05, 0) is 74.5 Å². The van der Waals surface area contributed by atoms with Crippen LogP contribution in [-0.2, 0) is 11.2 Å². The molecule has 5 atom stereocenters. The number of aryl methyl sites for hydroxylation is 1. The summed E-state index contributed by atoms with van der Waals surface area (Å²) in [5.74, 6) is 0.398. The number of hydrogen-bond acceptors (Lipinski definition) is 11. The van der Waals surface area contributed by atoms with Crippen molar-refractivity contribution in [3.63, 3.8) is 0 Å². The summed E-state index contributed by atoms with van der Waals surface area (Å²) in [5.41, 5.74) is 1.62. The lowest BCUT2D eigenvalue weighted by Gasteiger charge is -2.40. The van der Waals surface area contributed by atoms with Crippen LogP contribution in [0, 0.1) is 5.92 Å². The quantitative estimate of drug-likeness (QED) is 0.109. The molecule has 230 valence electrons. The Kier molecular flexibility index (Phi) is 13.2. The summed E-state index contributed by atoms with van der Waals surface area (Å²) < 4.78 is 23.4. The van der Waals surface area contributed by atoms with E-state index in [9.17, 15) is 25.5 Å². The van der Waals surface area contributed by atoms with Gasteiger partial charge in [0.15, 0.2) is 23.0 Å². The number of aromatic hydroxyl groups is 2. The molecule has 7 N–H and O–H groups in total. The van der Waals surface area contributed by atoms with Crippen molar-refractivity contribution in [3.05, 3.63) is 41.5 Å². The standard InChI is InChI=1S/C30H46N2O9/c1-4-31-10-12-39-28-15-21(14-27(38-3)29(28)37)30-23(9-11-33)25(36)16-22(41-30)7-5-20-6-8-24(35)26(13-20)40-18-32-17-19(2)34/h6,8,13-15,19,22-23,25,30-37H,4-5,7,9-12,16-18H2,1-3H3/t19-,22-,23-,25-,30+/m0/s1. The molecule has 1 aliphatic heterocycles. The third kappa shape index (κ3) is 9.63. The van der Waals surface area contributed by atoms with Crippen LogP contribution in [0.3, 0.4) is 0 Å². The van der Waals surface area contributed by atoms with Gasteiger partial charge in [-0.15, -0.1) is 0 Å². The SMILES string of the molecule is CCNCCOc1cc([C@H]2O[C@@H](CCc3ccc(O)c(OCNC[C@H](C)O)c3)C[C@H](O)[C@@H]2CCO)cc(OC)c1O. The minimum Gasteiger partial charge on any atom is -0.504 e. The van der Waals surface area contributed by atoms with Gasteiger partial charge in [-0.3, -0.25) is 5.32 Å². The number of phenolic OH excluding ortho intramolecular Hbond substituents is 2. The van der Waals surface area contributed by atoms with Gasteiger partial charge in [0.25, 0.3) is 0 Å². The number of likely N-dealkylation sites (N-methyl/N-ethyl adjacent to an activating group) is 1. The van der Waals surface area contributed by atoms with E-state index in [2.05, 4.69) is 10.6 Å². The summed E-state index contributed by atoms with van der Waals surface area (Å²) in [6.45, 7) is 5.84. The number of nitrogens with one attached hydrogen (secondary N) is 2. The summed E-state index contributed by atoms with van der Waals surface area (Å²) in [6, 6.07) is 8.57. The van der Waals surface area contributed by atoms with Crippen LogP contribution < -0.4 is 24.8 Å². The predicted octanol–water partition coefficient (Wildman–Crippen LogP) is 2.22. The zero-order valence-electron chi connectivity index (χ0n) is 24.2. The molecule has 1 fully saturated rings. The van der Waals surface area contributed by atoms with E-state index in [1.54, 1.807) is 31.2 Å². The van der Waals surface area contributed by atoms with Gasteiger partial charge in [-0.25, -0.2) is 0 Å². The molecule has 1 saturated heterocycles. The molecule has 0 amide bonds. The fourth-order valence-corrected chi connectivity index (χ4v) is 5.01. The average Bonchev–Trinajstić information content (AvgIpc) is 2.95. The van der Waals surface area contributed by atoms with Crippen LogP contribution in [0.2, 0.25) is 0 Å². The van der Waals surface area contributed by atoms with Gasteiger partial charge in [0, 0.05) is 25.6 Å². The summed E-state index contributed by atoms with van der Waals surface area (Å²) >= 11 is 0.